The molecule has 4 nitrogen and oxygen atoms in total. The van der Waals surface area contributed by atoms with Gasteiger partial charge >= 0.3 is 0 Å². The van der Waals surface area contributed by atoms with Crippen molar-refractivity contribution >= 4 is 29.1 Å². The molecule has 0 saturated carbocycles. The van der Waals surface area contributed by atoms with Crippen LogP contribution in [0.3, 0.4) is 0 Å². The van der Waals surface area contributed by atoms with E-state index < -0.39 is 6.10 Å². The first kappa shape index (κ1) is 17.6. The average molecular weight is 354 g/mol. The quantitative estimate of drug-likeness (QED) is 0.888. The number of ether oxygens (including phenoxy) is 1. The first-order valence-electron chi connectivity index (χ1n) is 6.95. The van der Waals surface area contributed by atoms with Crippen LogP contribution in [0.25, 0.3) is 0 Å². The molecule has 2 rings (SSSR count). The number of carbonyl (C=O) groups excluding carboxylic acids is 1. The maximum absolute atomic E-state index is 12.4. The van der Waals surface area contributed by atoms with E-state index in [2.05, 4.69) is 0 Å². The largest absolute Gasteiger partial charge is 0.497 e. The number of halogens is 2. The Bertz CT molecular complexity index is 706. The lowest BCUT2D eigenvalue weighted by atomic mass is 10.1. The summed E-state index contributed by atoms with van der Waals surface area (Å²) in [7, 11) is 3.17. The normalized spacial score (nSPS) is 11.9. The summed E-state index contributed by atoms with van der Waals surface area (Å²) in [4.78, 5) is 13.8. The minimum Gasteiger partial charge on any atom is -0.497 e. The Morgan fingerprint density at radius 3 is 2.65 bits per heavy atom. The van der Waals surface area contributed by atoms with Crippen LogP contribution in [0.2, 0.25) is 10.0 Å². The van der Waals surface area contributed by atoms with Crippen molar-refractivity contribution in [3.05, 3.63) is 63.6 Å². The predicted molar refractivity (Wildman–Crippen MR) is 91.4 cm³/mol. The van der Waals surface area contributed by atoms with Gasteiger partial charge < -0.3 is 14.7 Å². The molecule has 0 bridgehead atoms. The number of amides is 1. The summed E-state index contributed by atoms with van der Waals surface area (Å²) in [6.07, 6.45) is -0.829. The number of rotatable bonds is 5. The molecule has 23 heavy (non-hydrogen) atoms. The molecule has 0 aromatic heterocycles. The lowest BCUT2D eigenvalue weighted by Crippen LogP contribution is -2.31. The van der Waals surface area contributed by atoms with E-state index in [4.69, 9.17) is 27.9 Å². The van der Waals surface area contributed by atoms with Gasteiger partial charge in [-0.3, -0.25) is 4.79 Å². The molecule has 0 aliphatic rings. The van der Waals surface area contributed by atoms with Gasteiger partial charge in [0.1, 0.15) is 5.75 Å². The van der Waals surface area contributed by atoms with E-state index in [1.54, 1.807) is 50.6 Å². The van der Waals surface area contributed by atoms with Crippen molar-refractivity contribution in [3.63, 3.8) is 0 Å². The topological polar surface area (TPSA) is 49.8 Å². The molecule has 0 heterocycles. The number of methoxy groups -OCH3 is 1. The highest BCUT2D eigenvalue weighted by Gasteiger charge is 2.19. The van der Waals surface area contributed by atoms with Gasteiger partial charge in [-0.15, -0.1) is 0 Å². The Balaban J connectivity index is 2.10. The van der Waals surface area contributed by atoms with Gasteiger partial charge in [0.2, 0.25) is 0 Å². The van der Waals surface area contributed by atoms with Gasteiger partial charge in [-0.2, -0.15) is 0 Å². The van der Waals surface area contributed by atoms with E-state index >= 15 is 0 Å². The van der Waals surface area contributed by atoms with E-state index in [0.29, 0.717) is 21.9 Å². The molecule has 0 aliphatic heterocycles. The number of aliphatic hydroxyl groups excluding tert-OH is 1. The average Bonchev–Trinajstić information content (AvgIpc) is 2.54. The maximum Gasteiger partial charge on any atom is 0.255 e. The van der Waals surface area contributed by atoms with Crippen molar-refractivity contribution in [2.75, 3.05) is 20.7 Å². The maximum atomic E-state index is 12.4. The number of nitrogens with zero attached hydrogens (tertiary/aromatic N) is 1. The van der Waals surface area contributed by atoms with Gasteiger partial charge in [0.05, 0.1) is 30.3 Å². The van der Waals surface area contributed by atoms with Gasteiger partial charge in [0.25, 0.3) is 5.91 Å². The van der Waals surface area contributed by atoms with Crippen molar-refractivity contribution in [1.29, 1.82) is 0 Å². The highest BCUT2D eigenvalue weighted by molar-refractivity contribution is 6.36. The third-order valence-electron chi connectivity index (χ3n) is 3.43. The fraction of sp³-hybridized carbons (Fsp3) is 0.235. The monoisotopic (exact) mass is 353 g/mol. The molecule has 1 unspecified atom stereocenters. The predicted octanol–water partition coefficient (Wildman–Crippen LogP) is 3.81. The third kappa shape index (κ3) is 4.38. The van der Waals surface area contributed by atoms with E-state index in [0.717, 1.165) is 0 Å². The lowest BCUT2D eigenvalue weighted by Gasteiger charge is -2.22. The smallest absolute Gasteiger partial charge is 0.255 e. The first-order valence-corrected chi connectivity index (χ1v) is 7.70. The fourth-order valence-corrected chi connectivity index (χ4v) is 2.65. The highest BCUT2D eigenvalue weighted by Crippen LogP contribution is 2.24. The molecule has 122 valence electrons. The van der Waals surface area contributed by atoms with Crippen LogP contribution in [0, 0.1) is 0 Å². The number of benzene rings is 2. The molecule has 2 aromatic carbocycles. The van der Waals surface area contributed by atoms with Gasteiger partial charge in [0, 0.05) is 12.1 Å². The number of carbonyl (C=O) groups is 1. The zero-order chi connectivity index (χ0) is 17.0. The van der Waals surface area contributed by atoms with E-state index in [1.165, 1.54) is 11.0 Å². The Kier molecular flexibility index (Phi) is 5.88. The summed E-state index contributed by atoms with van der Waals surface area (Å²) in [5, 5.41) is 11.1. The molecule has 0 fully saturated rings. The van der Waals surface area contributed by atoms with Gasteiger partial charge in [-0.05, 0) is 35.9 Å². The Hall–Kier alpha value is -1.75. The first-order chi connectivity index (χ1) is 10.9. The molecule has 6 heteroatoms. The molecular weight excluding hydrogens is 337 g/mol. The van der Waals surface area contributed by atoms with Crippen LogP contribution in [0.5, 0.6) is 5.75 Å². The summed E-state index contributed by atoms with van der Waals surface area (Å²) in [6.45, 7) is 0.130. The summed E-state index contributed by atoms with van der Waals surface area (Å²) < 4.78 is 5.13. The van der Waals surface area contributed by atoms with E-state index in [1.807, 2.05) is 0 Å². The van der Waals surface area contributed by atoms with Crippen LogP contribution in [-0.2, 0) is 0 Å². The minimum absolute atomic E-state index is 0.130. The summed E-state index contributed by atoms with van der Waals surface area (Å²) in [5.41, 5.74) is 1.02. The van der Waals surface area contributed by atoms with Crippen molar-refractivity contribution in [2.45, 2.75) is 6.10 Å². The molecule has 0 aliphatic carbocycles. The second kappa shape index (κ2) is 7.68. The van der Waals surface area contributed by atoms with Crippen LogP contribution in [0.15, 0.2) is 42.5 Å². The molecule has 2 aromatic rings. The van der Waals surface area contributed by atoms with Crippen LogP contribution in [0.4, 0.5) is 0 Å². The number of hydrogen-bond acceptors (Lipinski definition) is 3. The van der Waals surface area contributed by atoms with E-state index in [-0.39, 0.29) is 17.5 Å². The number of likely N-dealkylation sites (N-methyl/N-ethyl adjacent to an activating group) is 1. The second-order valence-corrected chi connectivity index (χ2v) is 5.95. The van der Waals surface area contributed by atoms with Crippen LogP contribution >= 0.6 is 23.2 Å². The van der Waals surface area contributed by atoms with Crippen molar-refractivity contribution < 1.29 is 14.6 Å². The van der Waals surface area contributed by atoms with Crippen LogP contribution < -0.4 is 4.74 Å². The third-order valence-corrected chi connectivity index (χ3v) is 3.98. The van der Waals surface area contributed by atoms with Gasteiger partial charge in [-0.25, -0.2) is 0 Å². The molecule has 0 saturated heterocycles. The Morgan fingerprint density at radius 2 is 2.00 bits per heavy atom. The zero-order valence-corrected chi connectivity index (χ0v) is 14.3. The summed E-state index contributed by atoms with van der Waals surface area (Å²) >= 11 is 11.9. The molecule has 0 radical (unpaired) electrons. The molecular formula is C17H17Cl2NO3. The zero-order valence-electron chi connectivity index (χ0n) is 12.8. The highest BCUT2D eigenvalue weighted by atomic mass is 35.5. The number of aliphatic hydroxyl groups is 1. The summed E-state index contributed by atoms with van der Waals surface area (Å²) in [6, 6.07) is 11.8. The second-order valence-electron chi connectivity index (χ2n) is 5.10. The lowest BCUT2D eigenvalue weighted by molar-refractivity contribution is 0.0681. The molecule has 1 N–H and O–H groups in total. The van der Waals surface area contributed by atoms with Crippen LogP contribution in [-0.4, -0.2) is 36.6 Å². The van der Waals surface area contributed by atoms with Crippen molar-refractivity contribution in [2.24, 2.45) is 0 Å². The molecule has 1 amide bonds. The summed E-state index contributed by atoms with van der Waals surface area (Å²) in [5.74, 6) is 0.366. The van der Waals surface area contributed by atoms with E-state index in [9.17, 15) is 9.90 Å². The SMILES string of the molecule is COc1cccc(C(O)CN(C)C(=O)c2ccc(Cl)cc2Cl)c1. The Labute approximate surface area is 145 Å². The molecule has 0 spiro atoms. The Morgan fingerprint density at radius 1 is 1.26 bits per heavy atom. The standard InChI is InChI=1S/C17H17Cl2NO3/c1-20(17(22)14-7-6-12(18)9-15(14)19)10-16(21)11-4-3-5-13(8-11)23-2/h3-9,16,21H,10H2,1-2H3. The number of hydrogen-bond donors (Lipinski definition) is 1. The van der Waals surface area contributed by atoms with Crippen LogP contribution in [0.1, 0.15) is 22.0 Å². The molecule has 1 atom stereocenters. The fourth-order valence-electron chi connectivity index (χ4n) is 2.17. The van der Waals surface area contributed by atoms with Crippen molar-refractivity contribution in [3.8, 4) is 5.75 Å². The van der Waals surface area contributed by atoms with Crippen molar-refractivity contribution in [1.82, 2.24) is 4.90 Å². The van der Waals surface area contributed by atoms with Gasteiger partial charge in [0.15, 0.2) is 0 Å². The van der Waals surface area contributed by atoms with Gasteiger partial charge in [-0.1, -0.05) is 35.3 Å². The minimum atomic E-state index is -0.829.